The Hall–Kier alpha value is -1.23. The molecular formula is C11H17N3O2. The molecule has 1 saturated carbocycles. The van der Waals surface area contributed by atoms with Gasteiger partial charge in [-0.05, 0) is 26.7 Å². The van der Waals surface area contributed by atoms with Crippen LogP contribution in [-0.2, 0) is 6.54 Å². The summed E-state index contributed by atoms with van der Waals surface area (Å²) in [6.07, 6.45) is 4.11. The molecule has 1 N–H and O–H groups in total. The number of hydrogen-bond acceptors (Lipinski definition) is 4. The van der Waals surface area contributed by atoms with Gasteiger partial charge in [-0.25, -0.2) is 4.68 Å². The van der Waals surface area contributed by atoms with E-state index >= 15 is 0 Å². The average molecular weight is 223 g/mol. The number of hydrogen-bond donors (Lipinski definition) is 1. The van der Waals surface area contributed by atoms with E-state index < -0.39 is 5.60 Å². The van der Waals surface area contributed by atoms with Crippen molar-refractivity contribution in [3.05, 3.63) is 11.4 Å². The molecule has 0 radical (unpaired) electrons. The van der Waals surface area contributed by atoms with E-state index in [-0.39, 0.29) is 0 Å². The summed E-state index contributed by atoms with van der Waals surface area (Å²) in [5.74, 6) is 0.387. The SMILES string of the molecule is CC(C)(O)Cn1nnc(C=O)c1C1CCC1. The largest absolute Gasteiger partial charge is 0.389 e. The van der Waals surface area contributed by atoms with Crippen LogP contribution in [0.25, 0.3) is 0 Å². The van der Waals surface area contributed by atoms with Crippen LogP contribution < -0.4 is 0 Å². The Bertz CT molecular complexity index is 388. The van der Waals surface area contributed by atoms with E-state index in [1.54, 1.807) is 18.5 Å². The summed E-state index contributed by atoms with van der Waals surface area (Å²) in [6.45, 7) is 3.82. The molecule has 0 atom stereocenters. The third-order valence-corrected chi connectivity index (χ3v) is 2.94. The molecule has 2 rings (SSSR count). The smallest absolute Gasteiger partial charge is 0.172 e. The first-order valence-corrected chi connectivity index (χ1v) is 5.62. The van der Waals surface area contributed by atoms with Crippen molar-refractivity contribution in [3.63, 3.8) is 0 Å². The lowest BCUT2D eigenvalue weighted by molar-refractivity contribution is 0.0553. The third-order valence-electron chi connectivity index (χ3n) is 2.94. The lowest BCUT2D eigenvalue weighted by Gasteiger charge is -2.27. The second kappa shape index (κ2) is 3.97. The van der Waals surface area contributed by atoms with Gasteiger partial charge in [-0.15, -0.1) is 5.10 Å². The lowest BCUT2D eigenvalue weighted by Crippen LogP contribution is -2.29. The first-order chi connectivity index (χ1) is 7.51. The normalized spacial score (nSPS) is 17.2. The fourth-order valence-corrected chi connectivity index (χ4v) is 2.00. The Morgan fingerprint density at radius 3 is 2.69 bits per heavy atom. The second-order valence-corrected chi connectivity index (χ2v) is 5.08. The molecule has 88 valence electrons. The summed E-state index contributed by atoms with van der Waals surface area (Å²) in [7, 11) is 0. The highest BCUT2D eigenvalue weighted by atomic mass is 16.3. The van der Waals surface area contributed by atoms with Crippen LogP contribution in [0.5, 0.6) is 0 Å². The summed E-state index contributed by atoms with van der Waals surface area (Å²) in [5.41, 5.74) is 0.476. The Labute approximate surface area is 94.5 Å². The monoisotopic (exact) mass is 223 g/mol. The van der Waals surface area contributed by atoms with Crippen LogP contribution in [0.4, 0.5) is 0 Å². The molecular weight excluding hydrogens is 206 g/mol. The fraction of sp³-hybridized carbons (Fsp3) is 0.727. The number of rotatable bonds is 4. The summed E-state index contributed by atoms with van der Waals surface area (Å²) >= 11 is 0. The highest BCUT2D eigenvalue weighted by Crippen LogP contribution is 2.37. The van der Waals surface area contributed by atoms with Crippen LogP contribution in [0.3, 0.4) is 0 Å². The number of aldehydes is 1. The molecule has 0 spiro atoms. The molecule has 1 heterocycles. The van der Waals surface area contributed by atoms with Crippen molar-refractivity contribution in [3.8, 4) is 0 Å². The van der Waals surface area contributed by atoms with E-state index in [0.29, 0.717) is 18.2 Å². The average Bonchev–Trinajstić information content (AvgIpc) is 2.43. The van der Waals surface area contributed by atoms with Crippen molar-refractivity contribution in [2.75, 3.05) is 0 Å². The zero-order valence-corrected chi connectivity index (χ0v) is 9.68. The Morgan fingerprint density at radius 2 is 2.25 bits per heavy atom. The van der Waals surface area contributed by atoms with Gasteiger partial charge in [-0.1, -0.05) is 11.6 Å². The molecule has 0 amide bonds. The lowest BCUT2D eigenvalue weighted by atomic mass is 9.82. The Balaban J connectivity index is 2.29. The van der Waals surface area contributed by atoms with Gasteiger partial charge in [0.2, 0.25) is 0 Å². The molecule has 1 fully saturated rings. The Kier molecular flexibility index (Phi) is 2.80. The van der Waals surface area contributed by atoms with Gasteiger partial charge in [0, 0.05) is 5.92 Å². The van der Waals surface area contributed by atoms with E-state index in [9.17, 15) is 9.90 Å². The van der Waals surface area contributed by atoms with Crippen LogP contribution in [0.1, 0.15) is 55.2 Å². The second-order valence-electron chi connectivity index (χ2n) is 5.08. The van der Waals surface area contributed by atoms with Gasteiger partial charge in [0.15, 0.2) is 6.29 Å². The van der Waals surface area contributed by atoms with E-state index in [2.05, 4.69) is 10.3 Å². The van der Waals surface area contributed by atoms with Crippen LogP contribution in [0.2, 0.25) is 0 Å². The number of carbonyl (C=O) groups is 1. The molecule has 0 aromatic carbocycles. The maximum absolute atomic E-state index is 10.9. The van der Waals surface area contributed by atoms with Crippen molar-refractivity contribution >= 4 is 6.29 Å². The van der Waals surface area contributed by atoms with Crippen molar-refractivity contribution in [2.24, 2.45) is 0 Å². The number of aliphatic hydroxyl groups is 1. The molecule has 5 nitrogen and oxygen atoms in total. The number of nitrogens with zero attached hydrogens (tertiary/aromatic N) is 3. The number of aromatic nitrogens is 3. The minimum absolute atomic E-state index is 0.375. The van der Waals surface area contributed by atoms with E-state index in [0.717, 1.165) is 24.8 Å². The van der Waals surface area contributed by atoms with E-state index in [4.69, 9.17) is 0 Å². The van der Waals surface area contributed by atoms with E-state index in [1.807, 2.05) is 0 Å². The highest BCUT2D eigenvalue weighted by molar-refractivity contribution is 5.73. The van der Waals surface area contributed by atoms with Gasteiger partial charge in [-0.3, -0.25) is 4.79 Å². The quantitative estimate of drug-likeness (QED) is 0.777. The van der Waals surface area contributed by atoms with Gasteiger partial charge >= 0.3 is 0 Å². The highest BCUT2D eigenvalue weighted by Gasteiger charge is 2.29. The fourth-order valence-electron chi connectivity index (χ4n) is 2.00. The summed E-state index contributed by atoms with van der Waals surface area (Å²) in [6, 6.07) is 0. The standard InChI is InChI=1S/C11H17N3O2/c1-11(2,16)7-14-10(8-4-3-5-8)9(6-15)12-13-14/h6,8,16H,3-5,7H2,1-2H3. The molecule has 1 aromatic rings. The predicted octanol–water partition coefficient (Wildman–Crippen LogP) is 1.13. The molecule has 1 aromatic heterocycles. The molecule has 1 aliphatic carbocycles. The van der Waals surface area contributed by atoms with Crippen molar-refractivity contribution < 1.29 is 9.90 Å². The first kappa shape index (κ1) is 11.3. The van der Waals surface area contributed by atoms with Crippen molar-refractivity contribution in [1.82, 2.24) is 15.0 Å². The molecule has 1 aliphatic rings. The summed E-state index contributed by atoms with van der Waals surface area (Å²) < 4.78 is 1.67. The van der Waals surface area contributed by atoms with Crippen LogP contribution >= 0.6 is 0 Å². The van der Waals surface area contributed by atoms with Gasteiger partial charge < -0.3 is 5.11 Å². The zero-order valence-electron chi connectivity index (χ0n) is 9.68. The molecule has 16 heavy (non-hydrogen) atoms. The minimum Gasteiger partial charge on any atom is -0.389 e. The van der Waals surface area contributed by atoms with E-state index in [1.165, 1.54) is 6.42 Å². The Morgan fingerprint density at radius 1 is 1.56 bits per heavy atom. The van der Waals surface area contributed by atoms with Crippen LogP contribution in [0.15, 0.2) is 0 Å². The van der Waals surface area contributed by atoms with Crippen molar-refractivity contribution in [1.29, 1.82) is 0 Å². The maximum Gasteiger partial charge on any atom is 0.172 e. The van der Waals surface area contributed by atoms with Gasteiger partial charge in [0.05, 0.1) is 17.8 Å². The molecule has 0 bridgehead atoms. The molecule has 0 saturated heterocycles. The summed E-state index contributed by atoms with van der Waals surface area (Å²) in [4.78, 5) is 10.9. The first-order valence-electron chi connectivity index (χ1n) is 5.62. The minimum atomic E-state index is -0.841. The summed E-state index contributed by atoms with van der Waals surface area (Å²) in [5, 5.41) is 17.6. The topological polar surface area (TPSA) is 68.0 Å². The van der Waals surface area contributed by atoms with Crippen LogP contribution in [-0.4, -0.2) is 32.0 Å². The van der Waals surface area contributed by atoms with Gasteiger partial charge in [-0.2, -0.15) is 0 Å². The maximum atomic E-state index is 10.9. The van der Waals surface area contributed by atoms with Gasteiger partial charge in [0.25, 0.3) is 0 Å². The molecule has 0 unspecified atom stereocenters. The van der Waals surface area contributed by atoms with Gasteiger partial charge in [0.1, 0.15) is 5.69 Å². The number of carbonyl (C=O) groups excluding carboxylic acids is 1. The van der Waals surface area contributed by atoms with Crippen LogP contribution in [0, 0.1) is 0 Å². The molecule has 5 heteroatoms. The zero-order chi connectivity index (χ0) is 11.8. The third kappa shape index (κ3) is 2.14. The molecule has 0 aliphatic heterocycles. The van der Waals surface area contributed by atoms with Crippen molar-refractivity contribution in [2.45, 2.75) is 51.2 Å². The predicted molar refractivity (Wildman–Crippen MR) is 58.3 cm³/mol.